The highest BCUT2D eigenvalue weighted by Crippen LogP contribution is 2.58. The minimum Gasteiger partial charge on any atom is -0.481 e. The fourth-order valence-electron chi connectivity index (χ4n) is 2.80. The number of aliphatic carboxylic acids is 1. The Morgan fingerprint density at radius 3 is 2.40 bits per heavy atom. The van der Waals surface area contributed by atoms with E-state index >= 15 is 0 Å². The molecule has 20 heavy (non-hydrogen) atoms. The largest absolute Gasteiger partial charge is 0.481 e. The maximum Gasteiger partial charge on any atom is 0.307 e. The van der Waals surface area contributed by atoms with Crippen LogP contribution in [0.15, 0.2) is 24.3 Å². The van der Waals surface area contributed by atoms with Crippen molar-refractivity contribution in [3.8, 4) is 0 Å². The molecule has 0 radical (unpaired) electrons. The van der Waals surface area contributed by atoms with E-state index in [2.05, 4.69) is 5.32 Å². The Hall–Kier alpha value is -1.55. The van der Waals surface area contributed by atoms with Crippen LogP contribution in [-0.2, 0) is 9.59 Å². The third-order valence-corrected chi connectivity index (χ3v) is 4.45. The van der Waals surface area contributed by atoms with Gasteiger partial charge in [-0.2, -0.15) is 0 Å². The van der Waals surface area contributed by atoms with E-state index in [1.165, 1.54) is 0 Å². The lowest BCUT2D eigenvalue weighted by atomic mass is 10.1. The molecule has 1 saturated carbocycles. The molecule has 2 rings (SSSR count). The van der Waals surface area contributed by atoms with Crippen molar-refractivity contribution < 1.29 is 14.7 Å². The average Bonchev–Trinajstić information content (AvgIpc) is 2.93. The molecule has 0 spiro atoms. The number of carbonyl (C=O) groups is 2. The molecule has 0 aromatic heterocycles. The average molecular weight is 296 g/mol. The first-order valence-corrected chi connectivity index (χ1v) is 6.92. The summed E-state index contributed by atoms with van der Waals surface area (Å²) in [7, 11) is 0. The predicted octanol–water partition coefficient (Wildman–Crippen LogP) is 2.87. The van der Waals surface area contributed by atoms with Crippen molar-refractivity contribution in [2.75, 3.05) is 0 Å². The summed E-state index contributed by atoms with van der Waals surface area (Å²) in [5.74, 6) is -2.23. The van der Waals surface area contributed by atoms with Crippen molar-refractivity contribution in [3.05, 3.63) is 34.9 Å². The number of benzene rings is 1. The number of hydrogen-bond acceptors (Lipinski definition) is 2. The Labute approximate surface area is 123 Å². The van der Waals surface area contributed by atoms with Gasteiger partial charge in [-0.25, -0.2) is 0 Å². The van der Waals surface area contributed by atoms with Gasteiger partial charge in [0.1, 0.15) is 0 Å². The molecule has 1 aromatic carbocycles. The van der Waals surface area contributed by atoms with Crippen LogP contribution in [0.3, 0.4) is 0 Å². The maximum absolute atomic E-state index is 12.2. The number of hydrogen-bond donors (Lipinski definition) is 2. The molecule has 4 nitrogen and oxygen atoms in total. The van der Waals surface area contributed by atoms with Crippen LogP contribution < -0.4 is 5.32 Å². The van der Waals surface area contributed by atoms with E-state index in [1.807, 2.05) is 25.1 Å². The molecule has 1 aliphatic carbocycles. The number of carbonyl (C=O) groups excluding carboxylic acids is 1. The summed E-state index contributed by atoms with van der Waals surface area (Å²) in [6.07, 6.45) is 0. The Kier molecular flexibility index (Phi) is 3.78. The molecule has 2 N–H and O–H groups in total. The van der Waals surface area contributed by atoms with Gasteiger partial charge in [-0.15, -0.1) is 0 Å². The minimum absolute atomic E-state index is 0.227. The van der Waals surface area contributed by atoms with Crippen molar-refractivity contribution >= 4 is 23.5 Å². The van der Waals surface area contributed by atoms with E-state index in [-0.39, 0.29) is 11.9 Å². The number of carboxylic acids is 1. The molecule has 0 aliphatic heterocycles. The number of amides is 1. The van der Waals surface area contributed by atoms with E-state index in [4.69, 9.17) is 16.7 Å². The smallest absolute Gasteiger partial charge is 0.307 e. The van der Waals surface area contributed by atoms with Gasteiger partial charge in [0.15, 0.2) is 0 Å². The summed E-state index contributed by atoms with van der Waals surface area (Å²) in [6.45, 7) is 5.44. The summed E-state index contributed by atoms with van der Waals surface area (Å²) in [6, 6.07) is 7.04. The standard InChI is InChI=1S/C15H18ClNO3/c1-8(9-6-4-5-7-10(9)16)17-13(18)11-12(14(19)20)15(11,2)3/h4-8,11-12H,1-3H3,(H,17,18)(H,19,20)/t8?,11-,12+/m1/s1. The van der Waals surface area contributed by atoms with Crippen molar-refractivity contribution in [2.24, 2.45) is 17.3 Å². The molecule has 1 aliphatic rings. The second-order valence-corrected chi connectivity index (χ2v) is 6.27. The minimum atomic E-state index is -0.916. The van der Waals surface area contributed by atoms with E-state index < -0.39 is 23.2 Å². The quantitative estimate of drug-likeness (QED) is 0.897. The molecular weight excluding hydrogens is 278 g/mol. The molecule has 0 heterocycles. The Morgan fingerprint density at radius 1 is 1.30 bits per heavy atom. The number of nitrogens with one attached hydrogen (secondary N) is 1. The van der Waals surface area contributed by atoms with Gasteiger partial charge < -0.3 is 10.4 Å². The van der Waals surface area contributed by atoms with Crippen molar-refractivity contribution in [1.29, 1.82) is 0 Å². The maximum atomic E-state index is 12.2. The Bertz CT molecular complexity index is 556. The summed E-state index contributed by atoms with van der Waals surface area (Å²) in [5, 5.41) is 12.5. The van der Waals surface area contributed by atoms with Gasteiger partial charge in [0, 0.05) is 5.02 Å². The third-order valence-electron chi connectivity index (χ3n) is 4.11. The normalized spacial score (nSPS) is 24.8. The van der Waals surface area contributed by atoms with Gasteiger partial charge in [-0.3, -0.25) is 9.59 Å². The first-order chi connectivity index (χ1) is 9.26. The van der Waals surface area contributed by atoms with Crippen LogP contribution in [0, 0.1) is 17.3 Å². The predicted molar refractivity (Wildman–Crippen MR) is 76.4 cm³/mol. The molecular formula is C15H18ClNO3. The molecule has 3 atom stereocenters. The van der Waals surface area contributed by atoms with Gasteiger partial charge in [-0.05, 0) is 24.0 Å². The highest BCUT2D eigenvalue weighted by atomic mass is 35.5. The zero-order valence-corrected chi connectivity index (χ0v) is 12.4. The summed E-state index contributed by atoms with van der Waals surface area (Å²) in [4.78, 5) is 23.3. The van der Waals surface area contributed by atoms with Gasteiger partial charge >= 0.3 is 5.97 Å². The summed E-state index contributed by atoms with van der Waals surface area (Å²) >= 11 is 6.09. The molecule has 1 amide bonds. The van der Waals surface area contributed by atoms with E-state index in [0.717, 1.165) is 5.56 Å². The summed E-state index contributed by atoms with van der Waals surface area (Å²) < 4.78 is 0. The van der Waals surface area contributed by atoms with E-state index in [1.54, 1.807) is 19.9 Å². The molecule has 0 saturated heterocycles. The molecule has 1 unspecified atom stereocenters. The monoisotopic (exact) mass is 295 g/mol. The van der Waals surface area contributed by atoms with E-state index in [0.29, 0.717) is 5.02 Å². The molecule has 108 valence electrons. The van der Waals surface area contributed by atoms with Crippen LogP contribution in [0.2, 0.25) is 5.02 Å². The molecule has 1 aromatic rings. The van der Waals surface area contributed by atoms with Crippen molar-refractivity contribution in [2.45, 2.75) is 26.8 Å². The third kappa shape index (κ3) is 2.52. The fourth-order valence-corrected chi connectivity index (χ4v) is 3.09. The zero-order chi connectivity index (χ0) is 15.1. The Balaban J connectivity index is 2.07. The van der Waals surface area contributed by atoms with Crippen LogP contribution in [0.5, 0.6) is 0 Å². The van der Waals surface area contributed by atoms with Crippen LogP contribution in [0.25, 0.3) is 0 Å². The van der Waals surface area contributed by atoms with Crippen LogP contribution >= 0.6 is 11.6 Å². The van der Waals surface area contributed by atoms with Crippen LogP contribution in [0.4, 0.5) is 0 Å². The molecule has 1 fully saturated rings. The number of halogens is 1. The number of carboxylic acid groups (broad SMARTS) is 1. The first kappa shape index (κ1) is 14.9. The molecule has 5 heteroatoms. The molecule has 0 bridgehead atoms. The SMILES string of the molecule is CC(NC(=O)[C@H]1[C@@H](C(=O)O)C1(C)C)c1ccccc1Cl. The first-order valence-electron chi connectivity index (χ1n) is 6.54. The van der Waals surface area contributed by atoms with Crippen molar-refractivity contribution in [1.82, 2.24) is 5.32 Å². The number of rotatable bonds is 4. The van der Waals surface area contributed by atoms with Gasteiger partial charge in [0.25, 0.3) is 0 Å². The van der Waals surface area contributed by atoms with Gasteiger partial charge in [-0.1, -0.05) is 43.6 Å². The zero-order valence-electron chi connectivity index (χ0n) is 11.7. The topological polar surface area (TPSA) is 66.4 Å². The Morgan fingerprint density at radius 2 is 1.90 bits per heavy atom. The lowest BCUT2D eigenvalue weighted by molar-refractivity contribution is -0.140. The van der Waals surface area contributed by atoms with Crippen LogP contribution in [0.1, 0.15) is 32.4 Å². The van der Waals surface area contributed by atoms with Crippen molar-refractivity contribution in [3.63, 3.8) is 0 Å². The lowest BCUT2D eigenvalue weighted by Gasteiger charge is -2.16. The van der Waals surface area contributed by atoms with Gasteiger partial charge in [0.2, 0.25) is 5.91 Å². The fraction of sp³-hybridized carbons (Fsp3) is 0.467. The highest BCUT2D eigenvalue weighted by Gasteiger charge is 2.65. The second kappa shape index (κ2) is 5.09. The van der Waals surface area contributed by atoms with E-state index in [9.17, 15) is 9.59 Å². The summed E-state index contributed by atoms with van der Waals surface area (Å²) in [5.41, 5.74) is 0.337. The van der Waals surface area contributed by atoms with Crippen LogP contribution in [-0.4, -0.2) is 17.0 Å². The highest BCUT2D eigenvalue weighted by molar-refractivity contribution is 6.31. The lowest BCUT2D eigenvalue weighted by Crippen LogP contribution is -2.30. The second-order valence-electron chi connectivity index (χ2n) is 5.87. The van der Waals surface area contributed by atoms with Gasteiger partial charge in [0.05, 0.1) is 17.9 Å².